The maximum Gasteiger partial charge on any atom is 0.303 e. The van der Waals surface area contributed by atoms with Crippen molar-refractivity contribution in [1.82, 2.24) is 0 Å². The van der Waals surface area contributed by atoms with Crippen molar-refractivity contribution in [3.05, 3.63) is 65.2 Å². The summed E-state index contributed by atoms with van der Waals surface area (Å²) in [5.41, 5.74) is 7.35. The van der Waals surface area contributed by atoms with E-state index >= 15 is 0 Å². The Balaban J connectivity index is 0.000000588. The van der Waals surface area contributed by atoms with Crippen LogP contribution in [0, 0.1) is 10.2 Å². The number of fused-ring (bicyclic) bond motifs is 2. The average Bonchev–Trinajstić information content (AvgIpc) is 2.94. The largest absolute Gasteiger partial charge is 0.455 e. The van der Waals surface area contributed by atoms with E-state index in [2.05, 4.69) is 77.9 Å². The molecule has 2 aliphatic rings. The number of nitrogens with zero attached hydrogens (tertiary/aromatic N) is 2. The molecule has 0 N–H and O–H groups in total. The first-order valence-electron chi connectivity index (χ1n) is 10.8. The highest BCUT2D eigenvalue weighted by Crippen LogP contribution is 2.44. The van der Waals surface area contributed by atoms with Crippen molar-refractivity contribution in [2.45, 2.75) is 38.7 Å². The Morgan fingerprint density at radius 1 is 1.09 bits per heavy atom. The third kappa shape index (κ3) is 6.02. The average molecular weight is 489 g/mol. The minimum Gasteiger partial charge on any atom is -0.455 e. The zero-order valence-electron chi connectivity index (χ0n) is 19.9. The maximum atomic E-state index is 11.7. The molecule has 0 amide bonds. The summed E-state index contributed by atoms with van der Waals surface area (Å²) < 4.78 is 42.0. The molecule has 2 aromatic rings. The van der Waals surface area contributed by atoms with Crippen LogP contribution in [0.3, 0.4) is 0 Å². The van der Waals surface area contributed by atoms with Gasteiger partial charge in [0, 0.05) is 50.3 Å². The highest BCUT2D eigenvalue weighted by atomic mass is 35.7. The van der Waals surface area contributed by atoms with Crippen molar-refractivity contribution < 1.29 is 43.0 Å². The number of hydrogen-bond acceptors (Lipinski definition) is 7. The van der Waals surface area contributed by atoms with E-state index in [1.54, 1.807) is 0 Å². The van der Waals surface area contributed by atoms with Crippen LogP contribution in [0.4, 0.5) is 11.4 Å². The normalized spacial score (nSPS) is 19.7. The minimum atomic E-state index is -4.94. The number of carbonyl (C=O) groups excluding carboxylic acids is 1. The molecule has 2 heterocycles. The fraction of sp³-hybridized carbons (Fsp3) is 0.360. The number of halogens is 1. The van der Waals surface area contributed by atoms with Crippen LogP contribution in [0.25, 0.3) is 6.08 Å². The van der Waals surface area contributed by atoms with Crippen LogP contribution in [0.1, 0.15) is 38.3 Å². The number of carbonyl (C=O) groups is 1. The van der Waals surface area contributed by atoms with E-state index in [9.17, 15) is 4.79 Å². The van der Waals surface area contributed by atoms with Gasteiger partial charge in [0.1, 0.15) is 0 Å². The summed E-state index contributed by atoms with van der Waals surface area (Å²) in [5, 5.41) is 0. The summed E-state index contributed by atoms with van der Waals surface area (Å²) in [6.07, 6.45) is 2.84. The van der Waals surface area contributed by atoms with E-state index in [1.165, 1.54) is 35.1 Å². The third-order valence-corrected chi connectivity index (χ3v) is 5.95. The Hall–Kier alpha value is -2.75. The van der Waals surface area contributed by atoms with Crippen LogP contribution in [0.15, 0.2) is 54.1 Å². The summed E-state index contributed by atoms with van der Waals surface area (Å²) >= 11 is 0. The Morgan fingerprint density at radius 2 is 1.68 bits per heavy atom. The summed E-state index contributed by atoms with van der Waals surface area (Å²) in [6.45, 7) is 6.77. The molecule has 8 nitrogen and oxygen atoms in total. The molecule has 2 aromatic carbocycles. The lowest BCUT2D eigenvalue weighted by atomic mass is 9.77. The van der Waals surface area contributed by atoms with E-state index in [0.717, 1.165) is 12.0 Å². The molecule has 34 heavy (non-hydrogen) atoms. The molecule has 0 bridgehead atoms. The van der Waals surface area contributed by atoms with Crippen LogP contribution in [0.2, 0.25) is 0 Å². The van der Waals surface area contributed by atoms with Gasteiger partial charge in [0.15, 0.2) is 18.4 Å². The lowest BCUT2D eigenvalue weighted by Gasteiger charge is -2.26. The molecule has 1 atom stereocenters. The van der Waals surface area contributed by atoms with Gasteiger partial charge in [0.05, 0.1) is 5.41 Å². The van der Waals surface area contributed by atoms with Crippen molar-refractivity contribution in [3.63, 3.8) is 0 Å². The molecule has 0 spiro atoms. The second-order valence-corrected chi connectivity index (χ2v) is 9.83. The van der Waals surface area contributed by atoms with Crippen LogP contribution in [0.5, 0.6) is 0 Å². The van der Waals surface area contributed by atoms with Gasteiger partial charge in [-0.1, -0.05) is 30.3 Å². The fourth-order valence-corrected chi connectivity index (χ4v) is 4.71. The van der Waals surface area contributed by atoms with Gasteiger partial charge in [-0.2, -0.15) is 4.58 Å². The molecule has 1 unspecified atom stereocenters. The van der Waals surface area contributed by atoms with E-state index in [1.807, 2.05) is 14.1 Å². The number of rotatable bonds is 3. The molecular weight excluding hydrogens is 460 g/mol. The number of esters is 1. The van der Waals surface area contributed by atoms with Crippen LogP contribution in [-0.2, 0) is 14.9 Å². The van der Waals surface area contributed by atoms with Gasteiger partial charge in [0.2, 0.25) is 5.69 Å². The lowest BCUT2D eigenvalue weighted by molar-refractivity contribution is -2.00. The topological polar surface area (TPSA) is 125 Å². The number of para-hydroxylation sites is 1. The zero-order valence-corrected chi connectivity index (χ0v) is 20.7. The van der Waals surface area contributed by atoms with Crippen LogP contribution < -0.4 is 23.5 Å². The number of hydrogen-bond donors (Lipinski definition) is 0. The molecular formula is C25H29ClN2O6. The molecule has 0 radical (unpaired) electrons. The molecule has 0 fully saturated rings. The van der Waals surface area contributed by atoms with Crippen molar-refractivity contribution in [1.29, 1.82) is 0 Å². The van der Waals surface area contributed by atoms with Gasteiger partial charge in [-0.05, 0) is 37.6 Å². The molecule has 182 valence electrons. The summed E-state index contributed by atoms with van der Waals surface area (Å²) in [5.74, 6) is -0.222. The monoisotopic (exact) mass is 488 g/mol. The molecule has 2 aliphatic heterocycles. The lowest BCUT2D eigenvalue weighted by Crippen LogP contribution is -2.68. The number of benzene rings is 2. The molecule has 4 rings (SSSR count). The smallest absolute Gasteiger partial charge is 0.303 e. The second-order valence-electron chi connectivity index (χ2n) is 9.07. The van der Waals surface area contributed by atoms with E-state index in [0.29, 0.717) is 6.54 Å². The van der Waals surface area contributed by atoms with E-state index < -0.39 is 10.2 Å². The van der Waals surface area contributed by atoms with Gasteiger partial charge in [-0.15, -0.1) is 10.2 Å². The Kier molecular flexibility index (Phi) is 7.50. The first-order chi connectivity index (χ1) is 15.8. The second kappa shape index (κ2) is 9.85. The quantitative estimate of drug-likeness (QED) is 0.432. The predicted octanol–water partition coefficient (Wildman–Crippen LogP) is -0.208. The Bertz CT molecular complexity index is 1110. The van der Waals surface area contributed by atoms with Gasteiger partial charge < -0.3 is 9.64 Å². The summed E-state index contributed by atoms with van der Waals surface area (Å²) in [7, 11) is -0.853. The van der Waals surface area contributed by atoms with Gasteiger partial charge in [-0.3, -0.25) is 4.79 Å². The highest BCUT2D eigenvalue weighted by molar-refractivity contribution is 6.10. The Labute approximate surface area is 201 Å². The van der Waals surface area contributed by atoms with Crippen molar-refractivity contribution >= 4 is 29.1 Å². The first-order valence-corrected chi connectivity index (χ1v) is 12.0. The molecule has 0 saturated carbocycles. The zero-order chi connectivity index (χ0) is 25.3. The Morgan fingerprint density at radius 3 is 2.24 bits per heavy atom. The van der Waals surface area contributed by atoms with Crippen LogP contribution in [-0.4, -0.2) is 43.0 Å². The van der Waals surface area contributed by atoms with Crippen molar-refractivity contribution in [2.75, 3.05) is 25.5 Å². The van der Waals surface area contributed by atoms with E-state index in [-0.39, 0.29) is 17.5 Å². The van der Waals surface area contributed by atoms with Crippen molar-refractivity contribution in [2.24, 2.45) is 0 Å². The van der Waals surface area contributed by atoms with Gasteiger partial charge in [-0.25, -0.2) is 18.6 Å². The first kappa shape index (κ1) is 25.9. The van der Waals surface area contributed by atoms with Crippen LogP contribution >= 0.6 is 0 Å². The predicted molar refractivity (Wildman–Crippen MR) is 118 cm³/mol. The SMILES string of the molecule is CC(=O)OC1CC(=Cc2ccc(N(C)C)cc2)C2=[N+](C1)c1ccccc1C2(C)C.[O-][Cl+3]([O-])([O-])[O-]. The minimum absolute atomic E-state index is 0.0901. The highest BCUT2D eigenvalue weighted by Gasteiger charge is 2.50. The number of ether oxygens (including phenoxy) is 1. The maximum absolute atomic E-state index is 11.7. The fourth-order valence-electron chi connectivity index (χ4n) is 4.71. The summed E-state index contributed by atoms with van der Waals surface area (Å²) in [6, 6.07) is 17.1. The number of anilines is 1. The summed E-state index contributed by atoms with van der Waals surface area (Å²) in [4.78, 5) is 13.8. The standard InChI is InChI=1S/C25H29N2O2.ClHO4/c1-17(28)29-21-15-19(14-18-10-12-20(13-11-18)26(4)5)24-25(2,3)22-8-6-7-9-23(22)27(24)16-21;2-1(3,4)5/h6-14,21H,15-16H2,1-5H3;(H,2,3,4,5)/q+1;/p-1. The van der Waals surface area contributed by atoms with Gasteiger partial charge >= 0.3 is 5.97 Å². The molecule has 0 aliphatic carbocycles. The third-order valence-electron chi connectivity index (χ3n) is 5.95. The van der Waals surface area contributed by atoms with Gasteiger partial charge in [0.25, 0.3) is 0 Å². The molecule has 0 saturated heterocycles. The van der Waals surface area contributed by atoms with E-state index in [4.69, 9.17) is 23.4 Å². The molecule has 9 heteroatoms. The molecule has 0 aromatic heterocycles. The van der Waals surface area contributed by atoms with Crippen molar-refractivity contribution in [3.8, 4) is 0 Å².